The molecule has 0 atom stereocenters. The molecule has 0 aliphatic carbocycles. The zero-order valence-corrected chi connectivity index (χ0v) is 12.8. The van der Waals surface area contributed by atoms with Gasteiger partial charge in [0.1, 0.15) is 11.6 Å². The van der Waals surface area contributed by atoms with Gasteiger partial charge >= 0.3 is 0 Å². The first kappa shape index (κ1) is 15.7. The molecule has 5 nitrogen and oxygen atoms in total. The summed E-state index contributed by atoms with van der Waals surface area (Å²) in [6.07, 6.45) is 3.86. The number of hydrogen-bond donors (Lipinski definition) is 2. The van der Waals surface area contributed by atoms with E-state index in [2.05, 4.69) is 15.6 Å². The second kappa shape index (κ2) is 7.41. The zero-order valence-electron chi connectivity index (χ0n) is 12.8. The van der Waals surface area contributed by atoms with Crippen LogP contribution in [0.5, 0.6) is 0 Å². The van der Waals surface area contributed by atoms with Crippen molar-refractivity contribution in [2.75, 3.05) is 17.2 Å². The van der Waals surface area contributed by atoms with Gasteiger partial charge in [-0.05, 0) is 48.4 Å². The van der Waals surface area contributed by atoms with Crippen LogP contribution in [0.2, 0.25) is 0 Å². The molecule has 24 heavy (non-hydrogen) atoms. The number of nitrogens with one attached hydrogen (secondary N) is 2. The van der Waals surface area contributed by atoms with E-state index in [0.29, 0.717) is 12.4 Å². The second-order valence-corrected chi connectivity index (χ2v) is 5.17. The Bertz CT molecular complexity index is 784. The summed E-state index contributed by atoms with van der Waals surface area (Å²) in [5.41, 5.74) is 1.90. The lowest BCUT2D eigenvalue weighted by atomic mass is 10.1. The lowest BCUT2D eigenvalue weighted by molar-refractivity contribution is 0.0996. The van der Waals surface area contributed by atoms with E-state index in [9.17, 15) is 9.18 Å². The van der Waals surface area contributed by atoms with Crippen molar-refractivity contribution >= 4 is 17.4 Å². The molecule has 0 bridgehead atoms. The molecule has 0 aliphatic heterocycles. The molecule has 0 radical (unpaired) electrons. The summed E-state index contributed by atoms with van der Waals surface area (Å²) < 4.78 is 17.9. The zero-order chi connectivity index (χ0) is 16.8. The Morgan fingerprint density at radius 3 is 2.62 bits per heavy atom. The quantitative estimate of drug-likeness (QED) is 0.725. The molecule has 0 saturated heterocycles. The summed E-state index contributed by atoms with van der Waals surface area (Å²) in [6.45, 7) is 0.700. The lowest BCUT2D eigenvalue weighted by Crippen LogP contribution is -2.12. The van der Waals surface area contributed by atoms with E-state index in [1.54, 1.807) is 36.5 Å². The average Bonchev–Trinajstić information content (AvgIpc) is 3.13. The van der Waals surface area contributed by atoms with Crippen molar-refractivity contribution in [3.05, 3.63) is 78.1 Å². The first-order chi connectivity index (χ1) is 11.7. The lowest BCUT2D eigenvalue weighted by Gasteiger charge is -2.07. The Kier molecular flexibility index (Phi) is 4.86. The largest absolute Gasteiger partial charge is 0.459 e. The van der Waals surface area contributed by atoms with Crippen LogP contribution in [0.3, 0.4) is 0 Å². The molecule has 3 rings (SSSR count). The molecule has 0 fully saturated rings. The number of hydrogen-bond acceptors (Lipinski definition) is 4. The second-order valence-electron chi connectivity index (χ2n) is 5.17. The van der Waals surface area contributed by atoms with Gasteiger partial charge in [-0.2, -0.15) is 0 Å². The summed E-state index contributed by atoms with van der Waals surface area (Å²) >= 11 is 0. The standard InChI is InChI=1S/C18H16FN3O2/c19-14-5-3-13(4-6-14)9-10-20-15-7-8-17(21-12-15)22-18(23)16-2-1-11-24-16/h1-8,11-12,20H,9-10H2,(H,21,22,23). The summed E-state index contributed by atoms with van der Waals surface area (Å²) in [4.78, 5) is 16.0. The van der Waals surface area contributed by atoms with Gasteiger partial charge < -0.3 is 15.1 Å². The molecular weight excluding hydrogens is 309 g/mol. The van der Waals surface area contributed by atoms with E-state index in [-0.39, 0.29) is 17.5 Å². The van der Waals surface area contributed by atoms with Crippen LogP contribution in [0.4, 0.5) is 15.9 Å². The highest BCUT2D eigenvalue weighted by molar-refractivity contribution is 6.01. The number of amides is 1. The summed E-state index contributed by atoms with van der Waals surface area (Å²) in [6, 6.07) is 13.2. The molecule has 2 aromatic heterocycles. The molecule has 2 N–H and O–H groups in total. The SMILES string of the molecule is O=C(Nc1ccc(NCCc2ccc(F)cc2)cn1)c1ccco1. The van der Waals surface area contributed by atoms with Crippen molar-refractivity contribution in [2.24, 2.45) is 0 Å². The normalized spacial score (nSPS) is 10.4. The van der Waals surface area contributed by atoms with Crippen LogP contribution < -0.4 is 10.6 Å². The fourth-order valence-electron chi connectivity index (χ4n) is 2.16. The van der Waals surface area contributed by atoms with Gasteiger partial charge in [0, 0.05) is 6.54 Å². The van der Waals surface area contributed by atoms with E-state index >= 15 is 0 Å². The van der Waals surface area contributed by atoms with Crippen molar-refractivity contribution in [3.8, 4) is 0 Å². The summed E-state index contributed by atoms with van der Waals surface area (Å²) in [7, 11) is 0. The minimum Gasteiger partial charge on any atom is -0.459 e. The van der Waals surface area contributed by atoms with Crippen LogP contribution >= 0.6 is 0 Å². The fourth-order valence-corrected chi connectivity index (χ4v) is 2.16. The smallest absolute Gasteiger partial charge is 0.292 e. The molecule has 0 aliphatic rings. The van der Waals surface area contributed by atoms with Gasteiger partial charge in [0.15, 0.2) is 5.76 Å². The third kappa shape index (κ3) is 4.19. The van der Waals surface area contributed by atoms with Crippen LogP contribution in [-0.2, 0) is 6.42 Å². The van der Waals surface area contributed by atoms with Crippen molar-refractivity contribution in [1.82, 2.24) is 4.98 Å². The summed E-state index contributed by atoms with van der Waals surface area (Å²) in [5, 5.41) is 5.88. The average molecular weight is 325 g/mol. The van der Waals surface area contributed by atoms with E-state index in [0.717, 1.165) is 17.7 Å². The number of furan rings is 1. The Labute approximate surface area is 138 Å². The highest BCUT2D eigenvalue weighted by atomic mass is 19.1. The number of nitrogens with zero attached hydrogens (tertiary/aromatic N) is 1. The molecule has 122 valence electrons. The van der Waals surface area contributed by atoms with Gasteiger partial charge in [0.25, 0.3) is 5.91 Å². The topological polar surface area (TPSA) is 67.2 Å². The maximum Gasteiger partial charge on any atom is 0.292 e. The minimum atomic E-state index is -0.343. The maximum atomic E-state index is 12.8. The van der Waals surface area contributed by atoms with Crippen LogP contribution in [0, 0.1) is 5.82 Å². The first-order valence-corrected chi connectivity index (χ1v) is 7.50. The van der Waals surface area contributed by atoms with Gasteiger partial charge in [-0.15, -0.1) is 0 Å². The van der Waals surface area contributed by atoms with Gasteiger partial charge in [-0.3, -0.25) is 4.79 Å². The monoisotopic (exact) mass is 325 g/mol. The Morgan fingerprint density at radius 1 is 1.12 bits per heavy atom. The molecule has 1 amide bonds. The molecule has 0 unspecified atom stereocenters. The molecule has 0 spiro atoms. The van der Waals surface area contributed by atoms with Crippen LogP contribution in [0.1, 0.15) is 16.1 Å². The third-order valence-corrected chi connectivity index (χ3v) is 3.41. The number of benzene rings is 1. The molecular formula is C18H16FN3O2. The molecule has 6 heteroatoms. The van der Waals surface area contributed by atoms with Crippen LogP contribution in [0.15, 0.2) is 65.4 Å². The Morgan fingerprint density at radius 2 is 1.96 bits per heavy atom. The summed E-state index contributed by atoms with van der Waals surface area (Å²) in [5.74, 6) is 0.103. The number of rotatable bonds is 6. The Balaban J connectivity index is 1.49. The van der Waals surface area contributed by atoms with Gasteiger partial charge in [0.2, 0.25) is 0 Å². The predicted molar refractivity (Wildman–Crippen MR) is 89.5 cm³/mol. The Hall–Kier alpha value is -3.15. The van der Waals surface area contributed by atoms with Crippen molar-refractivity contribution < 1.29 is 13.6 Å². The molecule has 0 saturated carbocycles. The van der Waals surface area contributed by atoms with Crippen molar-refractivity contribution in [1.29, 1.82) is 0 Å². The highest BCUT2D eigenvalue weighted by Crippen LogP contribution is 2.12. The minimum absolute atomic E-state index is 0.233. The van der Waals surface area contributed by atoms with Crippen molar-refractivity contribution in [3.63, 3.8) is 0 Å². The number of pyridine rings is 1. The molecule has 1 aromatic carbocycles. The van der Waals surface area contributed by atoms with Gasteiger partial charge in [0.05, 0.1) is 18.1 Å². The first-order valence-electron chi connectivity index (χ1n) is 7.50. The number of anilines is 2. The third-order valence-electron chi connectivity index (χ3n) is 3.41. The van der Waals surface area contributed by atoms with Crippen LogP contribution in [-0.4, -0.2) is 17.4 Å². The number of carbonyl (C=O) groups is 1. The number of aromatic nitrogens is 1. The molecule has 2 heterocycles. The maximum absolute atomic E-state index is 12.8. The van der Waals surface area contributed by atoms with E-state index < -0.39 is 0 Å². The fraction of sp³-hybridized carbons (Fsp3) is 0.111. The van der Waals surface area contributed by atoms with E-state index in [1.165, 1.54) is 18.4 Å². The number of halogens is 1. The number of carbonyl (C=O) groups excluding carboxylic acids is 1. The predicted octanol–water partition coefficient (Wildman–Crippen LogP) is 3.72. The van der Waals surface area contributed by atoms with Gasteiger partial charge in [-0.1, -0.05) is 12.1 Å². The highest BCUT2D eigenvalue weighted by Gasteiger charge is 2.09. The van der Waals surface area contributed by atoms with Crippen molar-refractivity contribution in [2.45, 2.75) is 6.42 Å². The van der Waals surface area contributed by atoms with E-state index in [1.807, 2.05) is 6.07 Å². The molecule has 3 aromatic rings. The van der Waals surface area contributed by atoms with E-state index in [4.69, 9.17) is 4.42 Å². The van der Waals surface area contributed by atoms with Crippen LogP contribution in [0.25, 0.3) is 0 Å². The van der Waals surface area contributed by atoms with Gasteiger partial charge in [-0.25, -0.2) is 9.37 Å².